The van der Waals surface area contributed by atoms with Crippen LogP contribution in [0.25, 0.3) is 0 Å². The van der Waals surface area contributed by atoms with Crippen molar-refractivity contribution in [1.29, 1.82) is 0 Å². The van der Waals surface area contributed by atoms with Crippen molar-refractivity contribution in [2.45, 2.75) is 16.2 Å². The third kappa shape index (κ3) is 3.60. The van der Waals surface area contributed by atoms with Gasteiger partial charge in [0.1, 0.15) is 0 Å². The van der Waals surface area contributed by atoms with Gasteiger partial charge in [-0.3, -0.25) is 0 Å². The molecule has 9 heteroatoms. The number of rotatable bonds is 5. The van der Waals surface area contributed by atoms with Crippen LogP contribution in [0.5, 0.6) is 0 Å². The molecule has 0 aromatic heterocycles. The number of nitrogens with zero attached hydrogens (tertiary/aromatic N) is 1. The van der Waals surface area contributed by atoms with Crippen molar-refractivity contribution in [3.05, 3.63) is 24.3 Å². The monoisotopic (exact) mass is 337 g/mol. The summed E-state index contributed by atoms with van der Waals surface area (Å²) in [5.41, 5.74) is 0. The number of benzene rings is 1. The van der Waals surface area contributed by atoms with Crippen LogP contribution in [0, 0.1) is 5.92 Å². The van der Waals surface area contributed by atoms with Crippen LogP contribution in [0.1, 0.15) is 6.42 Å². The van der Waals surface area contributed by atoms with Gasteiger partial charge in [-0.2, -0.15) is 12.7 Å². The molecule has 1 unspecified atom stereocenters. The molecule has 0 aliphatic carbocycles. The van der Waals surface area contributed by atoms with Gasteiger partial charge in [0.15, 0.2) is 0 Å². The Hall–Kier alpha value is -1.03. The van der Waals surface area contributed by atoms with Crippen LogP contribution in [0.4, 0.5) is 3.89 Å². The average molecular weight is 337 g/mol. The lowest BCUT2D eigenvalue weighted by Gasteiger charge is -2.16. The maximum atomic E-state index is 13.0. The molecule has 118 valence electrons. The van der Waals surface area contributed by atoms with Crippen LogP contribution in [0.2, 0.25) is 0 Å². The average Bonchev–Trinajstić information content (AvgIpc) is 2.88. The summed E-state index contributed by atoms with van der Waals surface area (Å²) in [6.45, 7) is 1.11. The summed E-state index contributed by atoms with van der Waals surface area (Å²) >= 11 is 0. The zero-order valence-corrected chi connectivity index (χ0v) is 13.0. The zero-order chi connectivity index (χ0) is 15.7. The van der Waals surface area contributed by atoms with E-state index < -0.39 is 25.1 Å². The van der Waals surface area contributed by atoms with E-state index >= 15 is 0 Å². The minimum atomic E-state index is -4.93. The van der Waals surface area contributed by atoms with Crippen LogP contribution in [-0.2, 0) is 25.0 Å². The first-order valence-electron chi connectivity index (χ1n) is 6.29. The lowest BCUT2D eigenvalue weighted by atomic mass is 10.1. The molecule has 0 radical (unpaired) electrons. The Labute approximate surface area is 123 Å². The van der Waals surface area contributed by atoms with Crippen molar-refractivity contribution in [2.24, 2.45) is 5.92 Å². The molecule has 1 aromatic rings. The van der Waals surface area contributed by atoms with Gasteiger partial charge in [0.2, 0.25) is 10.0 Å². The third-order valence-electron chi connectivity index (χ3n) is 3.38. The van der Waals surface area contributed by atoms with Gasteiger partial charge in [-0.1, -0.05) is 6.07 Å². The Morgan fingerprint density at radius 1 is 1.29 bits per heavy atom. The molecule has 0 bridgehead atoms. The van der Waals surface area contributed by atoms with E-state index in [2.05, 4.69) is 0 Å². The minimum absolute atomic E-state index is 0.109. The highest BCUT2D eigenvalue weighted by Crippen LogP contribution is 2.26. The van der Waals surface area contributed by atoms with Crippen molar-refractivity contribution < 1.29 is 25.5 Å². The molecule has 0 saturated carbocycles. The Kier molecular flexibility index (Phi) is 4.66. The highest BCUT2D eigenvalue weighted by molar-refractivity contribution is 7.89. The van der Waals surface area contributed by atoms with Crippen LogP contribution < -0.4 is 0 Å². The Bertz CT molecular complexity index is 717. The van der Waals surface area contributed by atoms with Crippen molar-refractivity contribution >= 4 is 20.2 Å². The molecular weight excluding hydrogens is 321 g/mol. The first-order valence-corrected chi connectivity index (χ1v) is 9.11. The van der Waals surface area contributed by atoms with Crippen LogP contribution in [0.15, 0.2) is 34.1 Å². The second-order valence-corrected chi connectivity index (χ2v) is 8.17. The smallest absolute Gasteiger partial charge is 0.332 e. The molecule has 0 spiro atoms. The van der Waals surface area contributed by atoms with Crippen LogP contribution >= 0.6 is 0 Å². The summed E-state index contributed by atoms with van der Waals surface area (Å²) < 4.78 is 65.9. The molecule has 1 aromatic carbocycles. The molecule has 1 atom stereocenters. The SMILES string of the molecule is COCC1CCN(S(=O)(=O)c2cccc(S(=O)(=O)F)c2)C1. The molecule has 6 nitrogen and oxygen atoms in total. The Morgan fingerprint density at radius 2 is 1.95 bits per heavy atom. The number of hydrogen-bond acceptors (Lipinski definition) is 5. The van der Waals surface area contributed by atoms with Gasteiger partial charge in [0, 0.05) is 20.2 Å². The predicted octanol–water partition coefficient (Wildman–Crippen LogP) is 1.00. The maximum Gasteiger partial charge on any atom is 0.332 e. The fourth-order valence-electron chi connectivity index (χ4n) is 2.32. The lowest BCUT2D eigenvalue weighted by Crippen LogP contribution is -2.29. The van der Waals surface area contributed by atoms with Gasteiger partial charge in [0.05, 0.1) is 16.4 Å². The normalized spacial score (nSPS) is 20.8. The number of methoxy groups -OCH3 is 1. The maximum absolute atomic E-state index is 13.0. The van der Waals surface area contributed by atoms with Gasteiger partial charge in [-0.25, -0.2) is 8.42 Å². The van der Waals surface area contributed by atoms with Crippen molar-refractivity contribution in [3.8, 4) is 0 Å². The van der Waals surface area contributed by atoms with E-state index in [1.807, 2.05) is 0 Å². The van der Waals surface area contributed by atoms with E-state index in [0.29, 0.717) is 26.1 Å². The topological polar surface area (TPSA) is 80.8 Å². The number of sulfonamides is 1. The van der Waals surface area contributed by atoms with Gasteiger partial charge in [0.25, 0.3) is 0 Å². The van der Waals surface area contributed by atoms with Crippen molar-refractivity contribution in [2.75, 3.05) is 26.8 Å². The summed E-state index contributed by atoms with van der Waals surface area (Å²) in [7, 11) is -7.21. The summed E-state index contributed by atoms with van der Waals surface area (Å²) in [6, 6.07) is 4.33. The molecule has 0 N–H and O–H groups in total. The van der Waals surface area contributed by atoms with E-state index in [0.717, 1.165) is 12.1 Å². The van der Waals surface area contributed by atoms with Crippen LogP contribution in [0.3, 0.4) is 0 Å². The first kappa shape index (κ1) is 16.3. The Morgan fingerprint density at radius 3 is 2.57 bits per heavy atom. The lowest BCUT2D eigenvalue weighted by molar-refractivity contribution is 0.157. The fourth-order valence-corrected chi connectivity index (χ4v) is 4.48. The second kappa shape index (κ2) is 5.99. The standard InChI is InChI=1S/C12H16FNO5S2/c1-19-9-10-5-6-14(8-10)21(17,18)12-4-2-3-11(7-12)20(13,15)16/h2-4,7,10H,5-6,8-9H2,1H3. The molecular formula is C12H16FNO5S2. The fraction of sp³-hybridized carbons (Fsp3) is 0.500. The second-order valence-electron chi connectivity index (χ2n) is 4.89. The molecule has 1 fully saturated rings. The van der Waals surface area contributed by atoms with Gasteiger partial charge in [-0.05, 0) is 30.5 Å². The molecule has 1 heterocycles. The summed E-state index contributed by atoms with van der Waals surface area (Å²) in [6.07, 6.45) is 0.675. The van der Waals surface area contributed by atoms with Gasteiger partial charge in [-0.15, -0.1) is 3.89 Å². The summed E-state index contributed by atoms with van der Waals surface area (Å²) in [5.74, 6) is 0.109. The van der Waals surface area contributed by atoms with Gasteiger partial charge >= 0.3 is 10.2 Å². The van der Waals surface area contributed by atoms with E-state index in [-0.39, 0.29) is 10.8 Å². The molecule has 0 amide bonds. The number of hydrogen-bond donors (Lipinski definition) is 0. The Balaban J connectivity index is 2.29. The molecule has 21 heavy (non-hydrogen) atoms. The van der Waals surface area contributed by atoms with E-state index in [1.54, 1.807) is 7.11 Å². The molecule has 1 aliphatic heterocycles. The molecule has 2 rings (SSSR count). The quantitative estimate of drug-likeness (QED) is 0.749. The summed E-state index contributed by atoms with van der Waals surface area (Å²) in [4.78, 5) is -0.879. The molecule has 1 saturated heterocycles. The zero-order valence-electron chi connectivity index (χ0n) is 11.4. The number of halogens is 1. The largest absolute Gasteiger partial charge is 0.384 e. The highest BCUT2D eigenvalue weighted by atomic mass is 32.3. The van der Waals surface area contributed by atoms with E-state index in [9.17, 15) is 20.7 Å². The first-order chi connectivity index (χ1) is 9.75. The third-order valence-corrected chi connectivity index (χ3v) is 6.05. The van der Waals surface area contributed by atoms with E-state index in [1.165, 1.54) is 16.4 Å². The van der Waals surface area contributed by atoms with Crippen LogP contribution in [-0.4, -0.2) is 47.9 Å². The minimum Gasteiger partial charge on any atom is -0.384 e. The molecule has 1 aliphatic rings. The highest BCUT2D eigenvalue weighted by Gasteiger charge is 2.33. The van der Waals surface area contributed by atoms with E-state index in [4.69, 9.17) is 4.74 Å². The predicted molar refractivity (Wildman–Crippen MR) is 73.5 cm³/mol. The van der Waals surface area contributed by atoms with Crippen molar-refractivity contribution in [1.82, 2.24) is 4.31 Å². The number of ether oxygens (including phenoxy) is 1. The summed E-state index contributed by atoms with van der Waals surface area (Å²) in [5, 5.41) is 0. The van der Waals surface area contributed by atoms with Crippen molar-refractivity contribution in [3.63, 3.8) is 0 Å². The van der Waals surface area contributed by atoms with Gasteiger partial charge < -0.3 is 4.74 Å².